The first kappa shape index (κ1) is 33.5. The Bertz CT molecular complexity index is 1880. The van der Waals surface area contributed by atoms with Gasteiger partial charge < -0.3 is 18.7 Å². The minimum atomic E-state index is -5.15. The second-order valence-electron chi connectivity index (χ2n) is 9.95. The molecular formula is C30H38N4O8S2. The van der Waals surface area contributed by atoms with Gasteiger partial charge in [0, 0.05) is 53.0 Å². The average molecular weight is 647 g/mol. The number of nitrogens with zero attached hydrogens (tertiary/aromatic N) is 2. The van der Waals surface area contributed by atoms with E-state index < -0.39 is 29.9 Å². The van der Waals surface area contributed by atoms with Gasteiger partial charge in [-0.05, 0) is 64.4 Å². The smallest absolute Gasteiger partial charge is 0.262 e. The summed E-state index contributed by atoms with van der Waals surface area (Å²) in [6.07, 6.45) is 0.309. The summed E-state index contributed by atoms with van der Waals surface area (Å²) < 4.78 is 72.5. The molecule has 0 radical (unpaired) electrons. The fourth-order valence-corrected chi connectivity index (χ4v) is 6.83. The van der Waals surface area contributed by atoms with E-state index in [2.05, 4.69) is 14.3 Å². The molecule has 14 heteroatoms. The van der Waals surface area contributed by atoms with E-state index in [1.807, 2.05) is 69.0 Å². The molecule has 2 aromatic carbocycles. The predicted octanol–water partition coefficient (Wildman–Crippen LogP) is 3.26. The summed E-state index contributed by atoms with van der Waals surface area (Å²) in [7, 11) is -9.49. The minimum Gasteiger partial charge on any atom is -0.744 e. The lowest BCUT2D eigenvalue weighted by Crippen LogP contribution is -2.29. The average Bonchev–Trinajstić information content (AvgIpc) is 3.00. The van der Waals surface area contributed by atoms with E-state index in [4.69, 9.17) is 15.2 Å². The quantitative estimate of drug-likeness (QED) is 0.0682. The van der Waals surface area contributed by atoms with E-state index in [1.165, 1.54) is 12.1 Å². The maximum Gasteiger partial charge on any atom is 0.262 e. The standard InChI is InChI=1S/C30H38N4O8S2/c1-5-33(6-2)21-10-13-24-27(18-21)42-28-19-22(34(7-3)8-4)11-14-25(28)30(24)26-15-12-23(20-29(26)44(37,38)39)43(35,36)32-41-17-9-16-40-31/h10-15,18-20,32H,5-9,16-17,31H2,1-4H3. The van der Waals surface area contributed by atoms with Crippen LogP contribution in [-0.4, -0.2) is 60.8 Å². The summed E-state index contributed by atoms with van der Waals surface area (Å²) in [5.41, 5.74) is 2.45. The molecule has 0 saturated heterocycles. The van der Waals surface area contributed by atoms with Crippen molar-refractivity contribution in [3.8, 4) is 22.5 Å². The maximum atomic E-state index is 12.9. The lowest BCUT2D eigenvalue weighted by molar-refractivity contribution is 0.0601. The van der Waals surface area contributed by atoms with Gasteiger partial charge in [0.05, 0.1) is 29.1 Å². The Kier molecular flexibility index (Phi) is 10.8. The lowest BCUT2D eigenvalue weighted by atomic mass is 9.93. The monoisotopic (exact) mass is 646 g/mol. The van der Waals surface area contributed by atoms with Gasteiger partial charge in [-0.15, -0.1) is 0 Å². The van der Waals surface area contributed by atoms with Crippen molar-refractivity contribution in [1.82, 2.24) is 9.46 Å². The van der Waals surface area contributed by atoms with E-state index in [0.29, 0.717) is 34.3 Å². The van der Waals surface area contributed by atoms with Crippen LogP contribution in [0.4, 0.5) is 5.69 Å². The summed E-state index contributed by atoms with van der Waals surface area (Å²) in [6.45, 7) is 11.3. The van der Waals surface area contributed by atoms with Crippen LogP contribution < -0.4 is 25.6 Å². The van der Waals surface area contributed by atoms with Gasteiger partial charge in [-0.2, -0.15) is 0 Å². The van der Waals surface area contributed by atoms with Crippen LogP contribution in [0.3, 0.4) is 0 Å². The molecule has 0 amide bonds. The molecule has 238 valence electrons. The van der Waals surface area contributed by atoms with Gasteiger partial charge in [-0.1, -0.05) is 11.0 Å². The first-order valence-electron chi connectivity index (χ1n) is 14.4. The highest BCUT2D eigenvalue weighted by atomic mass is 32.2. The molecule has 0 atom stereocenters. The zero-order valence-corrected chi connectivity index (χ0v) is 26.8. The first-order chi connectivity index (χ1) is 21.0. The van der Waals surface area contributed by atoms with Gasteiger partial charge in [0.25, 0.3) is 10.0 Å². The molecule has 0 spiro atoms. The first-order valence-corrected chi connectivity index (χ1v) is 17.3. The molecule has 0 unspecified atom stereocenters. The molecule has 2 aromatic rings. The van der Waals surface area contributed by atoms with E-state index in [1.54, 1.807) is 0 Å². The molecule has 2 aliphatic rings. The number of rotatable bonds is 14. The molecule has 0 saturated carbocycles. The van der Waals surface area contributed by atoms with Gasteiger partial charge in [0.2, 0.25) is 5.36 Å². The number of benzene rings is 3. The van der Waals surface area contributed by atoms with Crippen molar-refractivity contribution in [3.63, 3.8) is 0 Å². The molecule has 1 heterocycles. The van der Waals surface area contributed by atoms with Crippen molar-refractivity contribution in [2.24, 2.45) is 5.90 Å². The summed E-state index contributed by atoms with van der Waals surface area (Å²) >= 11 is 0. The second kappa shape index (κ2) is 14.2. The Morgan fingerprint density at radius 1 is 0.909 bits per heavy atom. The van der Waals surface area contributed by atoms with E-state index >= 15 is 0 Å². The largest absolute Gasteiger partial charge is 0.744 e. The molecule has 0 aromatic heterocycles. The SMILES string of the molecule is CCN(CC)c1ccc2c(-c3ccc(S(=O)(=O)NOCCCON)cc3S(=O)(=O)[O-])c3ccc(=[N+](CC)CC)cc-3oc2c1. The fraction of sp³-hybridized carbons (Fsp3) is 0.367. The predicted molar refractivity (Wildman–Crippen MR) is 167 cm³/mol. The third kappa shape index (κ3) is 7.12. The molecule has 1 aliphatic heterocycles. The van der Waals surface area contributed by atoms with Gasteiger partial charge >= 0.3 is 0 Å². The van der Waals surface area contributed by atoms with Crippen molar-refractivity contribution < 1.29 is 35.5 Å². The lowest BCUT2D eigenvalue weighted by Gasteiger charge is -2.23. The number of anilines is 1. The topological polar surface area (TPSA) is 167 Å². The Balaban J connectivity index is 2.00. The number of nitrogens with two attached hydrogens (primary N) is 1. The van der Waals surface area contributed by atoms with E-state index in [-0.39, 0.29) is 18.8 Å². The van der Waals surface area contributed by atoms with Crippen LogP contribution in [0.2, 0.25) is 0 Å². The Hall–Kier alpha value is -3.37. The third-order valence-electron chi connectivity index (χ3n) is 7.43. The number of hydrogen-bond acceptors (Lipinski definition) is 10. The van der Waals surface area contributed by atoms with E-state index in [0.717, 1.165) is 43.3 Å². The number of hydrogen-bond donors (Lipinski definition) is 2. The molecule has 4 rings (SSSR count). The normalized spacial score (nSPS) is 12.2. The third-order valence-corrected chi connectivity index (χ3v) is 9.51. The summed E-state index contributed by atoms with van der Waals surface area (Å²) in [4.78, 5) is 12.4. The fourth-order valence-electron chi connectivity index (χ4n) is 5.19. The van der Waals surface area contributed by atoms with Gasteiger partial charge in [0.15, 0.2) is 0 Å². The summed E-state index contributed by atoms with van der Waals surface area (Å²) in [5.74, 6) is 5.43. The van der Waals surface area contributed by atoms with Crippen molar-refractivity contribution in [2.45, 2.75) is 43.9 Å². The molecule has 44 heavy (non-hydrogen) atoms. The van der Waals surface area contributed by atoms with Crippen molar-refractivity contribution >= 4 is 36.8 Å². The molecule has 0 fully saturated rings. The van der Waals surface area contributed by atoms with Crippen LogP contribution in [0.1, 0.15) is 34.1 Å². The van der Waals surface area contributed by atoms with Crippen molar-refractivity contribution in [2.75, 3.05) is 44.3 Å². The highest BCUT2D eigenvalue weighted by Crippen LogP contribution is 2.43. The molecule has 1 aliphatic carbocycles. The second-order valence-corrected chi connectivity index (χ2v) is 12.9. The Morgan fingerprint density at radius 2 is 1.61 bits per heavy atom. The van der Waals surface area contributed by atoms with Gasteiger partial charge in [-0.25, -0.2) is 27.3 Å². The van der Waals surface area contributed by atoms with Crippen LogP contribution in [0.25, 0.3) is 33.4 Å². The van der Waals surface area contributed by atoms with Crippen LogP contribution in [0, 0.1) is 0 Å². The highest BCUT2D eigenvalue weighted by Gasteiger charge is 2.25. The highest BCUT2D eigenvalue weighted by molar-refractivity contribution is 7.89. The summed E-state index contributed by atoms with van der Waals surface area (Å²) in [5, 5.41) is 1.48. The van der Waals surface area contributed by atoms with Crippen molar-refractivity contribution in [3.05, 3.63) is 60.0 Å². The van der Waals surface area contributed by atoms with Crippen LogP contribution in [0.5, 0.6) is 0 Å². The molecular weight excluding hydrogens is 608 g/mol. The number of fused-ring (bicyclic) bond motifs is 2. The Morgan fingerprint density at radius 3 is 2.25 bits per heavy atom. The molecule has 3 N–H and O–H groups in total. The number of sulfonamides is 1. The Labute approximate surface area is 257 Å². The van der Waals surface area contributed by atoms with Gasteiger partial charge in [-0.3, -0.25) is 4.84 Å². The zero-order valence-electron chi connectivity index (χ0n) is 25.2. The minimum absolute atomic E-state index is 0.0440. The van der Waals surface area contributed by atoms with Crippen LogP contribution in [0.15, 0.2) is 68.8 Å². The zero-order chi connectivity index (χ0) is 32.1. The van der Waals surface area contributed by atoms with Gasteiger partial charge in [0.1, 0.15) is 34.6 Å². The maximum absolute atomic E-state index is 12.9. The van der Waals surface area contributed by atoms with Crippen LogP contribution in [-0.2, 0) is 29.8 Å². The van der Waals surface area contributed by atoms with E-state index in [9.17, 15) is 21.4 Å². The van der Waals surface area contributed by atoms with Crippen LogP contribution >= 0.6 is 0 Å². The van der Waals surface area contributed by atoms with Crippen molar-refractivity contribution in [1.29, 1.82) is 0 Å². The number of nitrogens with one attached hydrogen (secondary N) is 1. The summed E-state index contributed by atoms with van der Waals surface area (Å²) in [6, 6.07) is 14.6. The molecule has 12 nitrogen and oxygen atoms in total. The molecule has 0 bridgehead atoms.